The molecule has 1 aromatic rings. The van der Waals surface area contributed by atoms with Crippen LogP contribution in [0.3, 0.4) is 0 Å². The van der Waals surface area contributed by atoms with Crippen LogP contribution < -0.4 is 15.4 Å². The Kier molecular flexibility index (Phi) is 4.44. The Labute approximate surface area is 154 Å². The number of thiocarbonyl (C=S) groups is 1. The predicted molar refractivity (Wildman–Crippen MR) is 103 cm³/mol. The Morgan fingerprint density at radius 2 is 1.84 bits per heavy atom. The van der Waals surface area contributed by atoms with Crippen molar-refractivity contribution in [3.05, 3.63) is 24.3 Å². The van der Waals surface area contributed by atoms with Crippen molar-refractivity contribution >= 4 is 28.9 Å². The molecule has 0 spiro atoms. The third-order valence-electron chi connectivity index (χ3n) is 6.28. The van der Waals surface area contributed by atoms with E-state index in [0.29, 0.717) is 11.5 Å². The molecule has 4 saturated carbocycles. The second-order valence-electron chi connectivity index (χ2n) is 8.33. The van der Waals surface area contributed by atoms with Crippen LogP contribution in [0.25, 0.3) is 0 Å². The highest BCUT2D eigenvalue weighted by atomic mass is 32.1. The summed E-state index contributed by atoms with van der Waals surface area (Å²) >= 11 is 5.32. The molecule has 4 bridgehead atoms. The highest BCUT2D eigenvalue weighted by Crippen LogP contribution is 2.61. The minimum atomic E-state index is 0.0577. The van der Waals surface area contributed by atoms with Gasteiger partial charge in [-0.05, 0) is 86.0 Å². The number of carbonyl (C=O) groups is 1. The van der Waals surface area contributed by atoms with Gasteiger partial charge in [0.15, 0.2) is 5.11 Å². The summed E-state index contributed by atoms with van der Waals surface area (Å²) in [5.74, 6) is 3.40. The first-order valence-corrected chi connectivity index (χ1v) is 9.69. The summed E-state index contributed by atoms with van der Waals surface area (Å²) in [6.07, 6.45) is 8.54. The van der Waals surface area contributed by atoms with Crippen LogP contribution in [0.15, 0.2) is 24.3 Å². The van der Waals surface area contributed by atoms with Gasteiger partial charge in [-0.25, -0.2) is 0 Å². The Bertz CT molecular complexity index is 653. The van der Waals surface area contributed by atoms with Crippen LogP contribution in [0.4, 0.5) is 5.69 Å². The molecule has 4 aliphatic rings. The Hall–Kier alpha value is -1.62. The third-order valence-corrected chi connectivity index (χ3v) is 6.49. The van der Waals surface area contributed by atoms with Gasteiger partial charge in [0.25, 0.3) is 0 Å². The maximum Gasteiger partial charge on any atom is 0.226 e. The second kappa shape index (κ2) is 6.60. The van der Waals surface area contributed by atoms with E-state index in [1.807, 2.05) is 24.3 Å². The zero-order valence-corrected chi connectivity index (χ0v) is 15.5. The van der Waals surface area contributed by atoms with Crippen LogP contribution in [-0.2, 0) is 4.79 Å². The molecule has 0 unspecified atom stereocenters. The average molecular weight is 359 g/mol. The van der Waals surface area contributed by atoms with Crippen molar-refractivity contribution in [1.29, 1.82) is 0 Å². The molecule has 4 fully saturated rings. The number of rotatable bonds is 4. The summed E-state index contributed by atoms with van der Waals surface area (Å²) < 4.78 is 5.21. The van der Waals surface area contributed by atoms with Gasteiger partial charge in [-0.2, -0.15) is 0 Å². The van der Waals surface area contributed by atoms with Crippen molar-refractivity contribution in [2.75, 3.05) is 12.4 Å². The summed E-state index contributed by atoms with van der Waals surface area (Å²) in [7, 11) is 1.63. The van der Waals surface area contributed by atoms with Crippen molar-refractivity contribution in [1.82, 2.24) is 5.32 Å². The molecule has 0 saturated heterocycles. The first kappa shape index (κ1) is 16.8. The lowest BCUT2D eigenvalue weighted by molar-refractivity contribution is -0.127. The van der Waals surface area contributed by atoms with Crippen molar-refractivity contribution in [2.24, 2.45) is 23.2 Å². The van der Waals surface area contributed by atoms with E-state index in [-0.39, 0.29) is 11.3 Å². The van der Waals surface area contributed by atoms with E-state index in [1.54, 1.807) is 7.11 Å². The minimum absolute atomic E-state index is 0.0577. The van der Waals surface area contributed by atoms with E-state index in [2.05, 4.69) is 10.6 Å². The van der Waals surface area contributed by atoms with Gasteiger partial charge in [-0.3, -0.25) is 4.79 Å². The number of amides is 1. The lowest BCUT2D eigenvalue weighted by Gasteiger charge is -2.56. The number of hydrogen-bond donors (Lipinski definition) is 2. The van der Waals surface area contributed by atoms with Crippen LogP contribution in [0.2, 0.25) is 0 Å². The maximum atomic E-state index is 12.6. The maximum absolute atomic E-state index is 12.6. The van der Waals surface area contributed by atoms with E-state index in [0.717, 1.165) is 29.2 Å². The van der Waals surface area contributed by atoms with Gasteiger partial charge in [0.2, 0.25) is 5.91 Å². The Morgan fingerprint density at radius 1 is 1.20 bits per heavy atom. The lowest BCUT2D eigenvalue weighted by Crippen LogP contribution is -2.48. The molecule has 0 aliphatic heterocycles. The van der Waals surface area contributed by atoms with Crippen LogP contribution in [-0.4, -0.2) is 18.1 Å². The molecule has 25 heavy (non-hydrogen) atoms. The zero-order chi connectivity index (χ0) is 17.4. The quantitative estimate of drug-likeness (QED) is 0.795. The molecular formula is C20H26N2O2S. The summed E-state index contributed by atoms with van der Waals surface area (Å²) in [4.78, 5) is 12.6. The van der Waals surface area contributed by atoms with Crippen LogP contribution >= 0.6 is 12.2 Å². The first-order chi connectivity index (χ1) is 12.0. The molecule has 4 aliphatic carbocycles. The summed E-state index contributed by atoms with van der Waals surface area (Å²) in [5, 5.41) is 6.32. The number of ether oxygens (including phenoxy) is 1. The van der Waals surface area contributed by atoms with Gasteiger partial charge >= 0.3 is 0 Å². The largest absolute Gasteiger partial charge is 0.497 e. The zero-order valence-electron chi connectivity index (χ0n) is 14.7. The smallest absolute Gasteiger partial charge is 0.226 e. The molecule has 0 radical (unpaired) electrons. The highest BCUT2D eigenvalue weighted by Gasteiger charge is 2.51. The van der Waals surface area contributed by atoms with Crippen molar-refractivity contribution < 1.29 is 9.53 Å². The highest BCUT2D eigenvalue weighted by molar-refractivity contribution is 7.80. The molecule has 4 nitrogen and oxygen atoms in total. The molecule has 0 heterocycles. The van der Waals surface area contributed by atoms with Crippen LogP contribution in [0.1, 0.15) is 44.9 Å². The Morgan fingerprint density at radius 3 is 2.44 bits per heavy atom. The van der Waals surface area contributed by atoms with Gasteiger partial charge in [0.1, 0.15) is 5.75 Å². The predicted octanol–water partition coefficient (Wildman–Crippen LogP) is 4.11. The van der Waals surface area contributed by atoms with E-state index in [9.17, 15) is 4.79 Å². The van der Waals surface area contributed by atoms with Crippen molar-refractivity contribution in [3.63, 3.8) is 0 Å². The van der Waals surface area contributed by atoms with Crippen molar-refractivity contribution in [2.45, 2.75) is 44.9 Å². The lowest BCUT2D eigenvalue weighted by atomic mass is 9.49. The van der Waals surface area contributed by atoms with Gasteiger partial charge in [-0.1, -0.05) is 6.07 Å². The summed E-state index contributed by atoms with van der Waals surface area (Å²) in [6, 6.07) is 7.53. The number of nitrogens with one attached hydrogen (secondary N) is 2. The van der Waals surface area contributed by atoms with Gasteiger partial charge in [0, 0.05) is 18.2 Å². The normalized spacial score (nSPS) is 32.3. The van der Waals surface area contributed by atoms with Crippen LogP contribution in [0, 0.1) is 23.2 Å². The van der Waals surface area contributed by atoms with E-state index >= 15 is 0 Å². The molecule has 0 atom stereocenters. The Balaban J connectivity index is 1.33. The fourth-order valence-electron chi connectivity index (χ4n) is 5.88. The molecule has 5 rings (SSSR count). The molecule has 1 aromatic carbocycles. The molecule has 0 aromatic heterocycles. The van der Waals surface area contributed by atoms with Gasteiger partial charge in [0.05, 0.1) is 7.11 Å². The topological polar surface area (TPSA) is 50.4 Å². The molecule has 134 valence electrons. The number of hydrogen-bond acceptors (Lipinski definition) is 3. The van der Waals surface area contributed by atoms with E-state index < -0.39 is 0 Å². The molecule has 5 heteroatoms. The summed E-state index contributed by atoms with van der Waals surface area (Å²) in [5.41, 5.74) is 1.06. The van der Waals surface area contributed by atoms with Gasteiger partial charge in [-0.15, -0.1) is 0 Å². The number of methoxy groups -OCH3 is 1. The average Bonchev–Trinajstić information content (AvgIpc) is 2.52. The molecule has 1 amide bonds. The monoisotopic (exact) mass is 358 g/mol. The van der Waals surface area contributed by atoms with E-state index in [1.165, 1.54) is 38.5 Å². The molecule has 2 N–H and O–H groups in total. The fraction of sp³-hybridized carbons (Fsp3) is 0.600. The van der Waals surface area contributed by atoms with E-state index in [4.69, 9.17) is 17.0 Å². The number of benzene rings is 1. The third kappa shape index (κ3) is 3.66. The first-order valence-electron chi connectivity index (χ1n) is 9.28. The van der Waals surface area contributed by atoms with Crippen molar-refractivity contribution in [3.8, 4) is 5.75 Å². The molecular weight excluding hydrogens is 332 g/mol. The minimum Gasteiger partial charge on any atom is -0.497 e. The second-order valence-corrected chi connectivity index (χ2v) is 8.74. The van der Waals surface area contributed by atoms with Gasteiger partial charge < -0.3 is 15.4 Å². The standard InChI is InChI=1S/C20H26N2O2S/c1-24-17-4-2-3-16(8-17)21-19(25)22-18(23)12-20-9-13-5-14(10-20)7-15(6-13)11-20/h2-4,8,13-15H,5-7,9-12H2,1H3,(H2,21,22,23,25). The fourth-order valence-corrected chi connectivity index (χ4v) is 6.11. The number of carbonyl (C=O) groups excluding carboxylic acids is 1. The SMILES string of the molecule is COc1cccc(NC(=S)NC(=O)CC23CC4CC(CC(C4)C2)C3)c1. The van der Waals surface area contributed by atoms with Crippen LogP contribution in [0.5, 0.6) is 5.75 Å². The number of anilines is 1. The summed E-state index contributed by atoms with van der Waals surface area (Å²) in [6.45, 7) is 0.